The summed E-state index contributed by atoms with van der Waals surface area (Å²) >= 11 is 5.28. The van der Waals surface area contributed by atoms with Crippen molar-refractivity contribution in [3.8, 4) is 0 Å². The normalized spacial score (nSPS) is 17.0. The summed E-state index contributed by atoms with van der Waals surface area (Å²) in [5.74, 6) is 0. The average Bonchev–Trinajstić information content (AvgIpc) is 3.21. The largest absolute Gasteiger partial charge is 0.306 e. The first-order valence-electron chi connectivity index (χ1n) is 8.34. The first-order valence-corrected chi connectivity index (χ1v) is 10.0. The van der Waals surface area contributed by atoms with Crippen LogP contribution in [0.25, 0.3) is 0 Å². The molecule has 2 aromatic heterocycles. The van der Waals surface area contributed by atoms with Crippen LogP contribution in [-0.2, 0) is 19.5 Å². The van der Waals surface area contributed by atoms with E-state index < -0.39 is 0 Å². The first kappa shape index (κ1) is 16.1. The topological polar surface area (TPSA) is 29.9 Å². The zero-order valence-corrected chi connectivity index (χ0v) is 15.8. The zero-order chi connectivity index (χ0) is 16.4. The summed E-state index contributed by atoms with van der Waals surface area (Å²) in [6, 6.07) is 13.2. The Morgan fingerprint density at radius 2 is 2.12 bits per heavy atom. The van der Waals surface area contributed by atoms with Gasteiger partial charge in [-0.05, 0) is 57.8 Å². The molecule has 2 heterocycles. The van der Waals surface area contributed by atoms with Gasteiger partial charge in [0.05, 0.1) is 16.5 Å². The third kappa shape index (κ3) is 3.48. The fourth-order valence-corrected chi connectivity index (χ4v) is 4.61. The molecule has 3 aromatic rings. The Morgan fingerprint density at radius 3 is 2.92 bits per heavy atom. The molecule has 0 saturated heterocycles. The fraction of sp³-hybridized carbons (Fsp3) is 0.316. The Balaban J connectivity index is 1.49. The van der Waals surface area contributed by atoms with Crippen LogP contribution in [0.2, 0.25) is 0 Å². The maximum absolute atomic E-state index is 4.67. The number of rotatable bonds is 5. The third-order valence-corrected chi connectivity index (χ3v) is 6.17. The highest BCUT2D eigenvalue weighted by Crippen LogP contribution is 2.30. The Morgan fingerprint density at radius 1 is 1.25 bits per heavy atom. The third-order valence-electron chi connectivity index (χ3n) is 4.61. The van der Waals surface area contributed by atoms with Crippen LogP contribution in [0, 0.1) is 0 Å². The second-order valence-electron chi connectivity index (χ2n) is 6.27. The number of nitrogens with zero attached hydrogens (tertiary/aromatic N) is 2. The highest BCUT2D eigenvalue weighted by Gasteiger charge is 2.24. The van der Waals surface area contributed by atoms with Crippen molar-refractivity contribution in [3.05, 3.63) is 74.1 Å². The van der Waals surface area contributed by atoms with Gasteiger partial charge in [-0.15, -0.1) is 11.3 Å². The second kappa shape index (κ2) is 7.21. The van der Waals surface area contributed by atoms with Crippen molar-refractivity contribution < 1.29 is 0 Å². The quantitative estimate of drug-likeness (QED) is 0.656. The maximum atomic E-state index is 4.67. The molecule has 1 atom stereocenters. The van der Waals surface area contributed by atoms with Crippen molar-refractivity contribution in [2.45, 2.75) is 38.4 Å². The van der Waals surface area contributed by atoms with E-state index in [9.17, 15) is 0 Å². The van der Waals surface area contributed by atoms with Crippen molar-refractivity contribution in [1.29, 1.82) is 0 Å². The van der Waals surface area contributed by atoms with E-state index in [1.807, 2.05) is 0 Å². The van der Waals surface area contributed by atoms with Gasteiger partial charge in [0.25, 0.3) is 0 Å². The van der Waals surface area contributed by atoms with E-state index >= 15 is 0 Å². The van der Waals surface area contributed by atoms with E-state index in [0.717, 1.165) is 19.5 Å². The number of nitrogens with one attached hydrogen (secondary N) is 1. The van der Waals surface area contributed by atoms with Crippen LogP contribution in [0.15, 0.2) is 51.8 Å². The van der Waals surface area contributed by atoms with Crippen molar-refractivity contribution in [1.82, 2.24) is 15.1 Å². The molecule has 0 spiro atoms. The van der Waals surface area contributed by atoms with E-state index in [0.29, 0.717) is 6.04 Å². The molecule has 1 N–H and O–H groups in total. The lowest BCUT2D eigenvalue weighted by molar-refractivity contribution is 0.449. The lowest BCUT2D eigenvalue weighted by atomic mass is 9.93. The average molecular weight is 402 g/mol. The van der Waals surface area contributed by atoms with Crippen molar-refractivity contribution in [2.24, 2.45) is 0 Å². The second-order valence-corrected chi connectivity index (χ2v) is 8.57. The molecule has 124 valence electrons. The SMILES string of the molecule is Brc1cc(CNC2CCCc3c2cnn3Cc2ccccc2)cs1. The maximum Gasteiger partial charge on any atom is 0.0701 e. The number of benzene rings is 1. The van der Waals surface area contributed by atoms with Gasteiger partial charge in [0, 0.05) is 23.8 Å². The molecule has 3 nitrogen and oxygen atoms in total. The first-order chi connectivity index (χ1) is 11.8. The fourth-order valence-electron chi connectivity index (χ4n) is 3.40. The standard InChI is InChI=1S/C19H20BrN3S/c20-19-9-15(13-24-19)10-21-17-7-4-8-18-16(17)11-22-23(18)12-14-5-2-1-3-6-14/h1-3,5-6,9,11,13,17,21H,4,7-8,10,12H2. The Hall–Kier alpha value is -1.43. The molecule has 0 aliphatic heterocycles. The summed E-state index contributed by atoms with van der Waals surface area (Å²) in [5, 5.41) is 10.6. The van der Waals surface area contributed by atoms with E-state index in [4.69, 9.17) is 0 Å². The summed E-state index contributed by atoms with van der Waals surface area (Å²) in [6.45, 7) is 1.77. The van der Waals surface area contributed by atoms with E-state index in [1.54, 1.807) is 11.3 Å². The predicted molar refractivity (Wildman–Crippen MR) is 102 cm³/mol. The smallest absolute Gasteiger partial charge is 0.0701 e. The number of aromatic nitrogens is 2. The number of thiophene rings is 1. The summed E-state index contributed by atoms with van der Waals surface area (Å²) < 4.78 is 3.37. The highest BCUT2D eigenvalue weighted by molar-refractivity contribution is 9.11. The number of hydrogen-bond donors (Lipinski definition) is 1. The van der Waals surface area contributed by atoms with Crippen LogP contribution < -0.4 is 5.32 Å². The van der Waals surface area contributed by atoms with Gasteiger partial charge in [0.15, 0.2) is 0 Å². The van der Waals surface area contributed by atoms with Crippen LogP contribution >= 0.6 is 27.3 Å². The van der Waals surface area contributed by atoms with Crippen LogP contribution in [0.4, 0.5) is 0 Å². The summed E-state index contributed by atoms with van der Waals surface area (Å²) in [4.78, 5) is 0. The molecule has 0 amide bonds. The highest BCUT2D eigenvalue weighted by atomic mass is 79.9. The molecule has 0 bridgehead atoms. The van der Waals surface area contributed by atoms with Gasteiger partial charge in [-0.1, -0.05) is 30.3 Å². The minimum atomic E-state index is 0.414. The number of hydrogen-bond acceptors (Lipinski definition) is 3. The van der Waals surface area contributed by atoms with Gasteiger partial charge >= 0.3 is 0 Å². The summed E-state index contributed by atoms with van der Waals surface area (Å²) in [5.41, 5.74) is 5.43. The Kier molecular flexibility index (Phi) is 4.83. The minimum absolute atomic E-state index is 0.414. The molecule has 4 rings (SSSR count). The van der Waals surface area contributed by atoms with E-state index in [1.165, 1.54) is 39.0 Å². The van der Waals surface area contributed by atoms with Crippen molar-refractivity contribution in [2.75, 3.05) is 0 Å². The lowest BCUT2D eigenvalue weighted by Crippen LogP contribution is -2.25. The monoisotopic (exact) mass is 401 g/mol. The van der Waals surface area contributed by atoms with Crippen molar-refractivity contribution in [3.63, 3.8) is 0 Å². The number of halogens is 1. The molecule has 1 aliphatic rings. The molecular weight excluding hydrogens is 382 g/mol. The molecule has 5 heteroatoms. The van der Waals surface area contributed by atoms with Gasteiger partial charge in [0.1, 0.15) is 0 Å². The van der Waals surface area contributed by atoms with Gasteiger partial charge in [0.2, 0.25) is 0 Å². The molecule has 0 saturated carbocycles. The van der Waals surface area contributed by atoms with Gasteiger partial charge in [-0.2, -0.15) is 5.10 Å². The molecule has 1 aromatic carbocycles. The predicted octanol–water partition coefficient (Wildman–Crippen LogP) is 4.92. The Labute approximate surface area is 154 Å². The molecular formula is C19H20BrN3S. The molecule has 1 aliphatic carbocycles. The summed E-state index contributed by atoms with van der Waals surface area (Å²) in [7, 11) is 0. The van der Waals surface area contributed by atoms with Gasteiger partial charge in [-0.3, -0.25) is 4.68 Å². The van der Waals surface area contributed by atoms with Gasteiger partial charge in [-0.25, -0.2) is 0 Å². The van der Waals surface area contributed by atoms with Gasteiger partial charge < -0.3 is 5.32 Å². The van der Waals surface area contributed by atoms with E-state index in [2.05, 4.69) is 79.0 Å². The van der Waals surface area contributed by atoms with Crippen LogP contribution in [0.3, 0.4) is 0 Å². The number of fused-ring (bicyclic) bond motifs is 1. The summed E-state index contributed by atoms with van der Waals surface area (Å²) in [6.07, 6.45) is 5.61. The zero-order valence-electron chi connectivity index (χ0n) is 13.4. The minimum Gasteiger partial charge on any atom is -0.306 e. The molecule has 0 radical (unpaired) electrons. The van der Waals surface area contributed by atoms with Crippen LogP contribution in [0.1, 0.15) is 41.3 Å². The molecule has 1 unspecified atom stereocenters. The van der Waals surface area contributed by atoms with Crippen LogP contribution in [0.5, 0.6) is 0 Å². The Bertz CT molecular complexity index is 809. The van der Waals surface area contributed by atoms with Crippen LogP contribution in [-0.4, -0.2) is 9.78 Å². The lowest BCUT2D eigenvalue weighted by Gasteiger charge is -2.24. The van der Waals surface area contributed by atoms with Crippen molar-refractivity contribution >= 4 is 27.3 Å². The molecule has 24 heavy (non-hydrogen) atoms. The molecule has 0 fully saturated rings. The van der Waals surface area contributed by atoms with E-state index in [-0.39, 0.29) is 0 Å².